The molecule has 2 aliphatic carbocycles. The van der Waals surface area contributed by atoms with E-state index in [4.69, 9.17) is 5.11 Å². The molecule has 4 atom stereocenters. The minimum Gasteiger partial charge on any atom is -0.481 e. The van der Waals surface area contributed by atoms with Gasteiger partial charge in [-0.1, -0.05) is 26.7 Å². The maximum absolute atomic E-state index is 10.9. The standard InChI is InChI=1S/C11H18O2/c1-7-4-3-5-11(8(7)2)6-9(11)10(12)13/h7-9H,3-6H2,1-2H3,(H,12,13). The Labute approximate surface area is 79.3 Å². The van der Waals surface area contributed by atoms with Crippen molar-refractivity contribution in [2.24, 2.45) is 23.2 Å². The maximum Gasteiger partial charge on any atom is 0.307 e. The first-order valence-electron chi connectivity index (χ1n) is 5.31. The molecule has 0 aromatic rings. The number of hydrogen-bond acceptors (Lipinski definition) is 1. The van der Waals surface area contributed by atoms with Crippen LogP contribution in [0.4, 0.5) is 0 Å². The predicted molar refractivity (Wildman–Crippen MR) is 50.4 cm³/mol. The molecule has 13 heavy (non-hydrogen) atoms. The number of hydrogen-bond donors (Lipinski definition) is 1. The van der Waals surface area contributed by atoms with Gasteiger partial charge in [-0.2, -0.15) is 0 Å². The van der Waals surface area contributed by atoms with Gasteiger partial charge in [0.25, 0.3) is 0 Å². The van der Waals surface area contributed by atoms with Crippen LogP contribution in [0.25, 0.3) is 0 Å². The van der Waals surface area contributed by atoms with Crippen LogP contribution in [0.3, 0.4) is 0 Å². The predicted octanol–water partition coefficient (Wildman–Crippen LogP) is 2.53. The largest absolute Gasteiger partial charge is 0.481 e. The lowest BCUT2D eigenvalue weighted by atomic mass is 9.70. The Hall–Kier alpha value is -0.530. The summed E-state index contributed by atoms with van der Waals surface area (Å²) in [5.74, 6) is 0.742. The van der Waals surface area contributed by atoms with Crippen LogP contribution in [-0.4, -0.2) is 11.1 Å². The summed E-state index contributed by atoms with van der Waals surface area (Å²) in [5, 5.41) is 8.97. The number of aliphatic carboxylic acids is 1. The van der Waals surface area contributed by atoms with E-state index in [1.165, 1.54) is 12.8 Å². The third-order valence-corrected chi connectivity index (χ3v) is 4.48. The molecule has 1 spiro atoms. The van der Waals surface area contributed by atoms with Gasteiger partial charge in [0.2, 0.25) is 0 Å². The molecule has 4 unspecified atom stereocenters. The average molecular weight is 182 g/mol. The summed E-state index contributed by atoms with van der Waals surface area (Å²) in [4.78, 5) is 10.9. The van der Waals surface area contributed by atoms with Gasteiger partial charge in [-0.05, 0) is 30.1 Å². The Morgan fingerprint density at radius 3 is 2.69 bits per heavy atom. The van der Waals surface area contributed by atoms with E-state index in [1.54, 1.807) is 0 Å². The monoisotopic (exact) mass is 182 g/mol. The second-order valence-electron chi connectivity index (χ2n) is 4.99. The van der Waals surface area contributed by atoms with Crippen LogP contribution >= 0.6 is 0 Å². The molecule has 0 aliphatic heterocycles. The van der Waals surface area contributed by atoms with Gasteiger partial charge in [0, 0.05) is 0 Å². The van der Waals surface area contributed by atoms with Crippen LogP contribution in [-0.2, 0) is 4.79 Å². The highest BCUT2D eigenvalue weighted by atomic mass is 16.4. The summed E-state index contributed by atoms with van der Waals surface area (Å²) >= 11 is 0. The molecule has 2 fully saturated rings. The van der Waals surface area contributed by atoms with Gasteiger partial charge >= 0.3 is 5.97 Å². The SMILES string of the molecule is CC1CCCC2(CC2C(=O)O)C1C. The van der Waals surface area contributed by atoms with Gasteiger partial charge in [-0.3, -0.25) is 4.79 Å². The number of carboxylic acid groups (broad SMARTS) is 1. The van der Waals surface area contributed by atoms with Crippen LogP contribution < -0.4 is 0 Å². The van der Waals surface area contributed by atoms with E-state index in [1.807, 2.05) is 0 Å². The number of carbonyl (C=O) groups is 1. The molecule has 2 aliphatic rings. The molecule has 2 heteroatoms. The zero-order chi connectivity index (χ0) is 9.64. The second-order valence-corrected chi connectivity index (χ2v) is 4.99. The lowest BCUT2D eigenvalue weighted by Gasteiger charge is -2.35. The topological polar surface area (TPSA) is 37.3 Å². The summed E-state index contributed by atoms with van der Waals surface area (Å²) in [6.45, 7) is 4.51. The van der Waals surface area contributed by atoms with E-state index in [9.17, 15) is 4.79 Å². The fraction of sp³-hybridized carbons (Fsp3) is 0.909. The maximum atomic E-state index is 10.9. The van der Waals surface area contributed by atoms with E-state index in [0.717, 1.165) is 18.8 Å². The Morgan fingerprint density at radius 1 is 1.46 bits per heavy atom. The van der Waals surface area contributed by atoms with E-state index < -0.39 is 5.97 Å². The average Bonchev–Trinajstić information content (AvgIpc) is 2.77. The quantitative estimate of drug-likeness (QED) is 0.676. The van der Waals surface area contributed by atoms with Crippen molar-refractivity contribution in [3.8, 4) is 0 Å². The highest BCUT2D eigenvalue weighted by Crippen LogP contribution is 2.65. The normalized spacial score (nSPS) is 49.2. The van der Waals surface area contributed by atoms with Gasteiger partial charge in [0.15, 0.2) is 0 Å². The first-order valence-corrected chi connectivity index (χ1v) is 5.31. The van der Waals surface area contributed by atoms with Gasteiger partial charge in [0.1, 0.15) is 0 Å². The number of rotatable bonds is 1. The van der Waals surface area contributed by atoms with Crippen molar-refractivity contribution in [3.05, 3.63) is 0 Å². The molecule has 0 saturated heterocycles. The molecular weight excluding hydrogens is 164 g/mol. The van der Waals surface area contributed by atoms with E-state index >= 15 is 0 Å². The van der Waals surface area contributed by atoms with E-state index in [0.29, 0.717) is 5.92 Å². The van der Waals surface area contributed by atoms with Crippen LogP contribution in [0, 0.1) is 23.2 Å². The zero-order valence-corrected chi connectivity index (χ0v) is 8.42. The minimum absolute atomic E-state index is 0.0229. The van der Waals surface area contributed by atoms with Crippen molar-refractivity contribution in [3.63, 3.8) is 0 Å². The van der Waals surface area contributed by atoms with Gasteiger partial charge in [-0.15, -0.1) is 0 Å². The highest BCUT2D eigenvalue weighted by Gasteiger charge is 2.62. The molecule has 74 valence electrons. The molecule has 0 amide bonds. The van der Waals surface area contributed by atoms with Crippen molar-refractivity contribution in [1.82, 2.24) is 0 Å². The van der Waals surface area contributed by atoms with E-state index in [2.05, 4.69) is 13.8 Å². The van der Waals surface area contributed by atoms with Gasteiger partial charge < -0.3 is 5.11 Å². The fourth-order valence-corrected chi connectivity index (χ4v) is 3.23. The molecule has 1 N–H and O–H groups in total. The molecule has 0 aromatic carbocycles. The molecule has 2 nitrogen and oxygen atoms in total. The summed E-state index contributed by atoms with van der Waals surface area (Å²) in [6, 6.07) is 0. The summed E-state index contributed by atoms with van der Waals surface area (Å²) in [5.41, 5.74) is 0.198. The first kappa shape index (κ1) is 9.04. The van der Waals surface area contributed by atoms with Crippen LogP contribution in [0.1, 0.15) is 39.5 Å². The molecular formula is C11H18O2. The van der Waals surface area contributed by atoms with Crippen molar-refractivity contribution in [2.45, 2.75) is 39.5 Å². The summed E-state index contributed by atoms with van der Waals surface area (Å²) < 4.78 is 0. The van der Waals surface area contributed by atoms with Crippen molar-refractivity contribution in [1.29, 1.82) is 0 Å². The third kappa shape index (κ3) is 1.18. The third-order valence-electron chi connectivity index (χ3n) is 4.48. The van der Waals surface area contributed by atoms with E-state index in [-0.39, 0.29) is 11.3 Å². The highest BCUT2D eigenvalue weighted by molar-refractivity contribution is 5.75. The van der Waals surface area contributed by atoms with Crippen LogP contribution in [0.2, 0.25) is 0 Å². The lowest BCUT2D eigenvalue weighted by molar-refractivity contribution is -0.140. The van der Waals surface area contributed by atoms with Crippen molar-refractivity contribution < 1.29 is 9.90 Å². The molecule has 0 bridgehead atoms. The summed E-state index contributed by atoms with van der Waals surface area (Å²) in [7, 11) is 0. The van der Waals surface area contributed by atoms with Gasteiger partial charge in [0.05, 0.1) is 5.92 Å². The smallest absolute Gasteiger partial charge is 0.307 e. The van der Waals surface area contributed by atoms with Crippen LogP contribution in [0.15, 0.2) is 0 Å². The van der Waals surface area contributed by atoms with Crippen LogP contribution in [0.5, 0.6) is 0 Å². The Bertz CT molecular complexity index is 236. The van der Waals surface area contributed by atoms with Crippen molar-refractivity contribution in [2.75, 3.05) is 0 Å². The number of carboxylic acids is 1. The first-order chi connectivity index (χ1) is 6.08. The molecule has 0 aromatic heterocycles. The molecule has 2 saturated carbocycles. The van der Waals surface area contributed by atoms with Gasteiger partial charge in [-0.25, -0.2) is 0 Å². The lowest BCUT2D eigenvalue weighted by Crippen LogP contribution is -2.28. The Morgan fingerprint density at radius 2 is 2.15 bits per heavy atom. The van der Waals surface area contributed by atoms with Crippen molar-refractivity contribution >= 4 is 5.97 Å². The summed E-state index contributed by atoms with van der Waals surface area (Å²) in [6.07, 6.45) is 4.61. The zero-order valence-electron chi connectivity index (χ0n) is 8.42. The minimum atomic E-state index is -0.569. The fourth-order valence-electron chi connectivity index (χ4n) is 3.23. The Kier molecular flexibility index (Phi) is 1.90. The molecule has 0 radical (unpaired) electrons. The second kappa shape index (κ2) is 2.73. The Balaban J connectivity index is 2.11. The molecule has 2 rings (SSSR count). The molecule has 0 heterocycles.